The van der Waals surface area contributed by atoms with Crippen LogP contribution in [0.5, 0.6) is 5.75 Å². The zero-order chi connectivity index (χ0) is 27.8. The summed E-state index contributed by atoms with van der Waals surface area (Å²) in [4.78, 5) is 37.5. The number of nitrogens with zero attached hydrogens (tertiary/aromatic N) is 4. The van der Waals surface area contributed by atoms with Gasteiger partial charge in [-0.3, -0.25) is 9.59 Å². The third-order valence-corrected chi connectivity index (χ3v) is 6.21. The highest BCUT2D eigenvalue weighted by Crippen LogP contribution is 2.29. The standard InChI is InChI=1S/C29H33N5O5/c1-33(2)28-23(19-27(36)37)29(34-14-16-39-17-15-34)32-25(31-28)18-20-8-11-22(12-9-20)30-26(35)13-10-21-6-4-5-7-24(21)38-3/h4-13H,14-19H2,1-3H3,(H,30,35)(H,36,37)/b13-10+. The lowest BCUT2D eigenvalue weighted by Gasteiger charge is -2.31. The molecule has 2 aromatic carbocycles. The summed E-state index contributed by atoms with van der Waals surface area (Å²) in [6, 6.07) is 15.0. The summed E-state index contributed by atoms with van der Waals surface area (Å²) in [5.41, 5.74) is 3.03. The molecule has 0 unspecified atom stereocenters. The number of hydrogen-bond donors (Lipinski definition) is 2. The predicted molar refractivity (Wildman–Crippen MR) is 151 cm³/mol. The van der Waals surface area contributed by atoms with E-state index in [1.807, 2.05) is 67.5 Å². The van der Waals surface area contributed by atoms with Gasteiger partial charge in [-0.2, -0.15) is 0 Å². The number of amides is 1. The molecule has 0 saturated carbocycles. The fourth-order valence-corrected chi connectivity index (χ4v) is 4.34. The second-order valence-corrected chi connectivity index (χ2v) is 9.27. The Bertz CT molecular complexity index is 1330. The van der Waals surface area contributed by atoms with Gasteiger partial charge in [0.2, 0.25) is 5.91 Å². The summed E-state index contributed by atoms with van der Waals surface area (Å²) in [5, 5.41) is 12.4. The van der Waals surface area contributed by atoms with Gasteiger partial charge >= 0.3 is 5.97 Å². The number of anilines is 3. The molecule has 1 aliphatic heterocycles. The number of carbonyl (C=O) groups is 2. The number of rotatable bonds is 10. The molecule has 0 spiro atoms. The molecular formula is C29H33N5O5. The van der Waals surface area contributed by atoms with Gasteiger partial charge in [0.1, 0.15) is 23.2 Å². The van der Waals surface area contributed by atoms with Crippen molar-refractivity contribution in [3.05, 3.63) is 77.1 Å². The molecule has 1 aromatic heterocycles. The number of nitrogens with one attached hydrogen (secondary N) is 1. The summed E-state index contributed by atoms with van der Waals surface area (Å²) < 4.78 is 10.8. The molecule has 0 radical (unpaired) electrons. The summed E-state index contributed by atoms with van der Waals surface area (Å²) in [7, 11) is 5.29. The number of para-hydroxylation sites is 1. The van der Waals surface area contributed by atoms with E-state index in [-0.39, 0.29) is 12.3 Å². The highest BCUT2D eigenvalue weighted by molar-refractivity contribution is 6.02. The number of ether oxygens (including phenoxy) is 2. The molecule has 0 aliphatic carbocycles. The number of carboxylic acid groups (broad SMARTS) is 1. The van der Waals surface area contributed by atoms with Crippen molar-refractivity contribution in [3.63, 3.8) is 0 Å². The van der Waals surface area contributed by atoms with Crippen molar-refractivity contribution in [3.8, 4) is 5.75 Å². The quantitative estimate of drug-likeness (QED) is 0.380. The van der Waals surface area contributed by atoms with Crippen LogP contribution in [0.3, 0.4) is 0 Å². The van der Waals surface area contributed by atoms with Crippen LogP contribution >= 0.6 is 0 Å². The number of morpholine rings is 1. The third-order valence-electron chi connectivity index (χ3n) is 6.21. The number of aliphatic carboxylic acids is 1. The Morgan fingerprint density at radius 2 is 1.82 bits per heavy atom. The molecule has 1 amide bonds. The van der Waals surface area contributed by atoms with Crippen LogP contribution < -0.4 is 19.9 Å². The van der Waals surface area contributed by atoms with Gasteiger partial charge < -0.3 is 29.7 Å². The number of methoxy groups -OCH3 is 1. The molecule has 0 bridgehead atoms. The first kappa shape index (κ1) is 27.6. The Kier molecular flexibility index (Phi) is 9.11. The van der Waals surface area contributed by atoms with Crippen LogP contribution in [-0.2, 0) is 27.2 Å². The Balaban J connectivity index is 1.50. The van der Waals surface area contributed by atoms with Crippen LogP contribution in [0, 0.1) is 0 Å². The number of benzene rings is 2. The molecule has 1 aliphatic rings. The van der Waals surface area contributed by atoms with Crippen molar-refractivity contribution in [2.24, 2.45) is 0 Å². The Morgan fingerprint density at radius 3 is 2.49 bits per heavy atom. The lowest BCUT2D eigenvalue weighted by atomic mass is 10.1. The lowest BCUT2D eigenvalue weighted by molar-refractivity contribution is -0.136. The van der Waals surface area contributed by atoms with Gasteiger partial charge in [-0.1, -0.05) is 30.3 Å². The van der Waals surface area contributed by atoms with Crippen LogP contribution in [-0.4, -0.2) is 74.5 Å². The molecule has 3 aromatic rings. The monoisotopic (exact) mass is 531 g/mol. The molecule has 4 rings (SSSR count). The van der Waals surface area contributed by atoms with Gasteiger partial charge in [0.25, 0.3) is 0 Å². The number of hydrogen-bond acceptors (Lipinski definition) is 8. The van der Waals surface area contributed by atoms with E-state index in [1.54, 1.807) is 13.2 Å². The largest absolute Gasteiger partial charge is 0.496 e. The van der Waals surface area contributed by atoms with Crippen LogP contribution in [0.15, 0.2) is 54.6 Å². The average Bonchev–Trinajstić information content (AvgIpc) is 2.93. The summed E-state index contributed by atoms with van der Waals surface area (Å²) in [5.74, 6) is 1.33. The van der Waals surface area contributed by atoms with Crippen molar-refractivity contribution in [1.29, 1.82) is 0 Å². The molecular weight excluding hydrogens is 498 g/mol. The fraction of sp³-hybridized carbons (Fsp3) is 0.310. The molecule has 10 heteroatoms. The molecule has 39 heavy (non-hydrogen) atoms. The molecule has 1 saturated heterocycles. The van der Waals surface area contributed by atoms with Crippen LogP contribution in [0.25, 0.3) is 6.08 Å². The molecule has 0 atom stereocenters. The van der Waals surface area contributed by atoms with Crippen molar-refractivity contribution >= 4 is 35.3 Å². The third kappa shape index (κ3) is 7.32. The van der Waals surface area contributed by atoms with Crippen LogP contribution in [0.4, 0.5) is 17.3 Å². The molecule has 10 nitrogen and oxygen atoms in total. The zero-order valence-corrected chi connectivity index (χ0v) is 22.4. The van der Waals surface area contributed by atoms with Gasteiger partial charge in [-0.15, -0.1) is 0 Å². The first-order chi connectivity index (χ1) is 18.8. The average molecular weight is 532 g/mol. The van der Waals surface area contributed by atoms with Gasteiger partial charge in [0.15, 0.2) is 0 Å². The van der Waals surface area contributed by atoms with E-state index < -0.39 is 5.97 Å². The minimum Gasteiger partial charge on any atom is -0.496 e. The Labute approximate surface area is 227 Å². The number of aromatic nitrogens is 2. The van der Waals surface area contributed by atoms with Gasteiger partial charge in [0.05, 0.1) is 26.7 Å². The second-order valence-electron chi connectivity index (χ2n) is 9.27. The first-order valence-electron chi connectivity index (χ1n) is 12.7. The van der Waals surface area contributed by atoms with E-state index in [1.165, 1.54) is 6.08 Å². The van der Waals surface area contributed by atoms with E-state index in [9.17, 15) is 14.7 Å². The first-order valence-corrected chi connectivity index (χ1v) is 12.7. The fourth-order valence-electron chi connectivity index (χ4n) is 4.34. The highest BCUT2D eigenvalue weighted by atomic mass is 16.5. The van der Waals surface area contributed by atoms with E-state index in [4.69, 9.17) is 19.4 Å². The minimum absolute atomic E-state index is 0.166. The van der Waals surface area contributed by atoms with Gasteiger partial charge in [-0.25, -0.2) is 9.97 Å². The molecule has 2 heterocycles. The molecule has 2 N–H and O–H groups in total. The van der Waals surface area contributed by atoms with Crippen molar-refractivity contribution in [1.82, 2.24) is 9.97 Å². The van der Waals surface area contributed by atoms with Crippen molar-refractivity contribution in [2.45, 2.75) is 12.8 Å². The SMILES string of the molecule is COc1ccccc1/C=C/C(=O)Nc1ccc(Cc2nc(N(C)C)c(CC(=O)O)c(N3CCOCC3)n2)cc1. The predicted octanol–water partition coefficient (Wildman–Crippen LogP) is 3.26. The maximum Gasteiger partial charge on any atom is 0.308 e. The van der Waals surface area contributed by atoms with Gasteiger partial charge in [0, 0.05) is 56.5 Å². The molecule has 1 fully saturated rings. The Hall–Kier alpha value is -4.44. The van der Waals surface area contributed by atoms with Crippen LogP contribution in [0.2, 0.25) is 0 Å². The minimum atomic E-state index is -0.931. The van der Waals surface area contributed by atoms with E-state index in [0.29, 0.717) is 67.2 Å². The zero-order valence-electron chi connectivity index (χ0n) is 22.4. The second kappa shape index (κ2) is 12.9. The lowest BCUT2D eigenvalue weighted by Crippen LogP contribution is -2.38. The van der Waals surface area contributed by atoms with Crippen molar-refractivity contribution < 1.29 is 24.2 Å². The maximum absolute atomic E-state index is 12.4. The summed E-state index contributed by atoms with van der Waals surface area (Å²) in [6.07, 6.45) is 3.46. The smallest absolute Gasteiger partial charge is 0.308 e. The molecule has 204 valence electrons. The highest BCUT2D eigenvalue weighted by Gasteiger charge is 2.24. The van der Waals surface area contributed by atoms with Gasteiger partial charge in [-0.05, 0) is 29.8 Å². The van der Waals surface area contributed by atoms with E-state index in [2.05, 4.69) is 10.2 Å². The van der Waals surface area contributed by atoms with Crippen molar-refractivity contribution in [2.75, 3.05) is 62.6 Å². The summed E-state index contributed by atoms with van der Waals surface area (Å²) >= 11 is 0. The maximum atomic E-state index is 12.4. The van der Waals surface area contributed by atoms with Crippen LogP contribution in [0.1, 0.15) is 22.5 Å². The van der Waals surface area contributed by atoms with E-state index >= 15 is 0 Å². The van der Waals surface area contributed by atoms with E-state index in [0.717, 1.165) is 11.1 Å². The topological polar surface area (TPSA) is 117 Å². The summed E-state index contributed by atoms with van der Waals surface area (Å²) in [6.45, 7) is 2.39. The number of carbonyl (C=O) groups excluding carboxylic acids is 1. The number of carboxylic acids is 1. The normalized spacial score (nSPS) is 13.4. The Morgan fingerprint density at radius 1 is 1.10 bits per heavy atom.